The predicted molar refractivity (Wildman–Crippen MR) is 43.5 cm³/mol. The fourth-order valence-electron chi connectivity index (χ4n) is 1.58. The summed E-state index contributed by atoms with van der Waals surface area (Å²) in [6.45, 7) is 3.20. The molecule has 0 aromatic carbocycles. The molecule has 1 saturated heterocycles. The lowest BCUT2D eigenvalue weighted by molar-refractivity contribution is 0.0962. The average molecular weight is 159 g/mol. The molecule has 3 nitrogen and oxygen atoms in total. The Morgan fingerprint density at radius 1 is 1.73 bits per heavy atom. The van der Waals surface area contributed by atoms with Gasteiger partial charge in [-0.25, -0.2) is 0 Å². The fraction of sp³-hybridized carbons (Fsp3) is 1.00. The van der Waals surface area contributed by atoms with Crippen LogP contribution in [0.1, 0.15) is 13.3 Å². The summed E-state index contributed by atoms with van der Waals surface area (Å²) in [6, 6.07) is 0. The number of methoxy groups -OCH3 is 1. The second-order valence-electron chi connectivity index (χ2n) is 3.60. The molecule has 0 aromatic rings. The molecule has 1 aliphatic rings. The van der Waals surface area contributed by atoms with Crippen LogP contribution in [0.25, 0.3) is 0 Å². The van der Waals surface area contributed by atoms with Crippen molar-refractivity contribution in [2.45, 2.75) is 25.0 Å². The van der Waals surface area contributed by atoms with Gasteiger partial charge in [-0.15, -0.1) is 0 Å². The molecule has 0 aromatic heterocycles. The zero-order valence-corrected chi connectivity index (χ0v) is 7.50. The normalized spacial score (nSPS) is 39.8. The van der Waals surface area contributed by atoms with E-state index in [1.54, 1.807) is 7.11 Å². The molecule has 11 heavy (non-hydrogen) atoms. The molecule has 1 fully saturated rings. The number of aliphatic hydroxyl groups is 1. The Bertz CT molecular complexity index is 140. The fourth-order valence-corrected chi connectivity index (χ4v) is 1.58. The molecule has 0 bridgehead atoms. The molecule has 0 radical (unpaired) electrons. The van der Waals surface area contributed by atoms with Gasteiger partial charge in [0.15, 0.2) is 0 Å². The second kappa shape index (κ2) is 3.09. The molecular weight excluding hydrogens is 142 g/mol. The molecular formula is C8H17NO2. The van der Waals surface area contributed by atoms with Crippen molar-refractivity contribution in [3.05, 3.63) is 0 Å². The zero-order valence-electron chi connectivity index (χ0n) is 7.50. The minimum atomic E-state index is -0.0688. The van der Waals surface area contributed by atoms with Crippen LogP contribution in [0.4, 0.5) is 0 Å². The van der Waals surface area contributed by atoms with E-state index in [1.807, 2.05) is 7.05 Å². The monoisotopic (exact) mass is 159 g/mol. The largest absolute Gasteiger partial charge is 0.394 e. The third-order valence-corrected chi connectivity index (χ3v) is 2.74. The molecule has 0 saturated carbocycles. The van der Waals surface area contributed by atoms with E-state index in [-0.39, 0.29) is 18.2 Å². The minimum absolute atomic E-state index is 0.0688. The quantitative estimate of drug-likeness (QED) is 0.619. The molecule has 1 N–H and O–H groups in total. The second-order valence-corrected chi connectivity index (χ2v) is 3.60. The summed E-state index contributed by atoms with van der Waals surface area (Å²) in [5, 5.41) is 9.11. The molecule has 66 valence electrons. The van der Waals surface area contributed by atoms with E-state index >= 15 is 0 Å². The number of ether oxygens (including phenoxy) is 1. The van der Waals surface area contributed by atoms with Crippen molar-refractivity contribution in [1.82, 2.24) is 4.90 Å². The third kappa shape index (κ3) is 1.55. The van der Waals surface area contributed by atoms with Crippen LogP contribution in [-0.4, -0.2) is 49.0 Å². The van der Waals surface area contributed by atoms with Crippen LogP contribution in [0.15, 0.2) is 0 Å². The summed E-state index contributed by atoms with van der Waals surface area (Å²) < 4.78 is 5.23. The van der Waals surface area contributed by atoms with E-state index in [4.69, 9.17) is 9.84 Å². The molecule has 1 heterocycles. The zero-order chi connectivity index (χ0) is 8.48. The highest BCUT2D eigenvalue weighted by Gasteiger charge is 2.39. The smallest absolute Gasteiger partial charge is 0.0716 e. The lowest BCUT2D eigenvalue weighted by atomic mass is 10.00. The van der Waals surface area contributed by atoms with E-state index in [9.17, 15) is 0 Å². The Kier molecular flexibility index (Phi) is 2.52. The van der Waals surface area contributed by atoms with Crippen molar-refractivity contribution in [2.24, 2.45) is 0 Å². The number of hydrogen-bond acceptors (Lipinski definition) is 3. The maximum atomic E-state index is 9.11. The van der Waals surface area contributed by atoms with Gasteiger partial charge in [0, 0.05) is 19.2 Å². The highest BCUT2D eigenvalue weighted by Crippen LogP contribution is 2.28. The number of rotatable bonds is 2. The van der Waals surface area contributed by atoms with E-state index in [0.29, 0.717) is 0 Å². The average Bonchev–Trinajstić information content (AvgIpc) is 2.29. The summed E-state index contributed by atoms with van der Waals surface area (Å²) in [5.74, 6) is 0. The van der Waals surface area contributed by atoms with Crippen LogP contribution in [0.3, 0.4) is 0 Å². The Morgan fingerprint density at radius 3 is 2.64 bits per heavy atom. The number of likely N-dealkylation sites (tertiary alicyclic amines) is 1. The van der Waals surface area contributed by atoms with E-state index in [0.717, 1.165) is 13.0 Å². The number of likely N-dealkylation sites (N-methyl/N-ethyl adjacent to an activating group) is 1. The molecule has 1 rings (SSSR count). The SMILES string of the molecule is CO[C@@H]1CN(C)[C@@](C)(CO)C1. The summed E-state index contributed by atoms with van der Waals surface area (Å²) in [5.41, 5.74) is -0.0688. The van der Waals surface area contributed by atoms with Gasteiger partial charge >= 0.3 is 0 Å². The van der Waals surface area contributed by atoms with Crippen LogP contribution in [-0.2, 0) is 4.74 Å². The molecule has 0 unspecified atom stereocenters. The molecule has 0 aliphatic carbocycles. The van der Waals surface area contributed by atoms with Gasteiger partial charge in [-0.3, -0.25) is 4.90 Å². The molecule has 0 amide bonds. The number of aliphatic hydroxyl groups excluding tert-OH is 1. The molecule has 3 heteroatoms. The first-order valence-electron chi connectivity index (χ1n) is 3.97. The standard InChI is InChI=1S/C8H17NO2/c1-8(6-10)4-7(11-3)5-9(8)2/h7,10H,4-6H2,1-3H3/t7-,8+/m0/s1. The van der Waals surface area contributed by atoms with Gasteiger partial charge in [0.25, 0.3) is 0 Å². The van der Waals surface area contributed by atoms with Crippen molar-refractivity contribution >= 4 is 0 Å². The maximum absolute atomic E-state index is 9.11. The van der Waals surface area contributed by atoms with Crippen molar-refractivity contribution in [2.75, 3.05) is 27.3 Å². The topological polar surface area (TPSA) is 32.7 Å². The van der Waals surface area contributed by atoms with Crippen molar-refractivity contribution in [1.29, 1.82) is 0 Å². The highest BCUT2D eigenvalue weighted by molar-refractivity contribution is 4.94. The summed E-state index contributed by atoms with van der Waals surface area (Å²) in [7, 11) is 3.75. The van der Waals surface area contributed by atoms with Gasteiger partial charge in [-0.2, -0.15) is 0 Å². The van der Waals surface area contributed by atoms with Crippen molar-refractivity contribution < 1.29 is 9.84 Å². The Morgan fingerprint density at radius 2 is 2.36 bits per heavy atom. The number of nitrogens with zero attached hydrogens (tertiary/aromatic N) is 1. The van der Waals surface area contributed by atoms with Gasteiger partial charge in [0.1, 0.15) is 0 Å². The Labute approximate surface area is 68.0 Å². The van der Waals surface area contributed by atoms with E-state index in [1.165, 1.54) is 0 Å². The highest BCUT2D eigenvalue weighted by atomic mass is 16.5. The third-order valence-electron chi connectivity index (χ3n) is 2.74. The van der Waals surface area contributed by atoms with Gasteiger partial charge in [0.05, 0.1) is 12.7 Å². The Hall–Kier alpha value is -0.120. The summed E-state index contributed by atoms with van der Waals surface area (Å²) in [6.07, 6.45) is 1.22. The van der Waals surface area contributed by atoms with Crippen LogP contribution in [0.5, 0.6) is 0 Å². The van der Waals surface area contributed by atoms with Gasteiger partial charge in [-0.05, 0) is 20.4 Å². The van der Waals surface area contributed by atoms with Gasteiger partial charge < -0.3 is 9.84 Å². The molecule has 2 atom stereocenters. The maximum Gasteiger partial charge on any atom is 0.0716 e. The minimum Gasteiger partial charge on any atom is -0.394 e. The molecule has 1 aliphatic heterocycles. The van der Waals surface area contributed by atoms with Crippen LogP contribution in [0, 0.1) is 0 Å². The van der Waals surface area contributed by atoms with E-state index in [2.05, 4.69) is 11.8 Å². The first kappa shape index (κ1) is 8.97. The lowest BCUT2D eigenvalue weighted by Gasteiger charge is -2.29. The lowest BCUT2D eigenvalue weighted by Crippen LogP contribution is -2.41. The summed E-state index contributed by atoms with van der Waals surface area (Å²) in [4.78, 5) is 2.15. The van der Waals surface area contributed by atoms with Crippen molar-refractivity contribution in [3.8, 4) is 0 Å². The molecule has 0 spiro atoms. The van der Waals surface area contributed by atoms with Gasteiger partial charge in [-0.1, -0.05) is 0 Å². The summed E-state index contributed by atoms with van der Waals surface area (Å²) >= 11 is 0. The first-order chi connectivity index (χ1) is 5.12. The number of hydrogen-bond donors (Lipinski definition) is 1. The van der Waals surface area contributed by atoms with E-state index < -0.39 is 0 Å². The Balaban J connectivity index is 2.57. The van der Waals surface area contributed by atoms with Crippen LogP contribution in [0.2, 0.25) is 0 Å². The predicted octanol–water partition coefficient (Wildman–Crippen LogP) is 0.0879. The van der Waals surface area contributed by atoms with Gasteiger partial charge in [0.2, 0.25) is 0 Å². The first-order valence-corrected chi connectivity index (χ1v) is 3.97. The van der Waals surface area contributed by atoms with Crippen LogP contribution >= 0.6 is 0 Å². The van der Waals surface area contributed by atoms with Crippen molar-refractivity contribution in [3.63, 3.8) is 0 Å². The van der Waals surface area contributed by atoms with Crippen LogP contribution < -0.4 is 0 Å².